The minimum Gasteiger partial charge on any atom is -0.481 e. The van der Waals surface area contributed by atoms with Crippen molar-refractivity contribution in [3.8, 4) is 0 Å². The standard InChI is InChI=1S/C16H20N2O4/c1-2-8-18-13(9-11-6-4-3-5-7-11)15(21)17-12(16(18)22)10-14(19)20/h3-7,12-13H,2,8-10H2,1H3,(H,17,21)(H,19,20). The molecule has 1 saturated heterocycles. The first-order chi connectivity index (χ1) is 10.5. The van der Waals surface area contributed by atoms with Crippen LogP contribution >= 0.6 is 0 Å². The Balaban J connectivity index is 2.19. The van der Waals surface area contributed by atoms with Crippen LogP contribution in [0.15, 0.2) is 30.3 Å². The molecule has 0 radical (unpaired) electrons. The zero-order valence-corrected chi connectivity index (χ0v) is 12.5. The molecule has 1 aliphatic rings. The van der Waals surface area contributed by atoms with Crippen LogP contribution in [0.2, 0.25) is 0 Å². The summed E-state index contributed by atoms with van der Waals surface area (Å²) in [6.45, 7) is 2.37. The third-order valence-electron chi connectivity index (χ3n) is 3.69. The summed E-state index contributed by atoms with van der Waals surface area (Å²) in [5.41, 5.74) is 0.966. The van der Waals surface area contributed by atoms with E-state index in [4.69, 9.17) is 5.11 Å². The van der Waals surface area contributed by atoms with Gasteiger partial charge in [0.05, 0.1) is 6.42 Å². The lowest BCUT2D eigenvalue weighted by Crippen LogP contribution is -2.64. The number of carbonyl (C=O) groups excluding carboxylic acids is 2. The lowest BCUT2D eigenvalue weighted by molar-refractivity contribution is -0.152. The minimum absolute atomic E-state index is 0.289. The molecule has 1 aromatic rings. The van der Waals surface area contributed by atoms with E-state index in [1.54, 1.807) is 0 Å². The average molecular weight is 304 g/mol. The van der Waals surface area contributed by atoms with Crippen molar-refractivity contribution in [1.82, 2.24) is 10.2 Å². The lowest BCUT2D eigenvalue weighted by Gasteiger charge is -2.38. The first kappa shape index (κ1) is 16.0. The quantitative estimate of drug-likeness (QED) is 0.814. The number of carbonyl (C=O) groups is 3. The highest BCUT2D eigenvalue weighted by Gasteiger charge is 2.40. The zero-order valence-electron chi connectivity index (χ0n) is 12.5. The Hall–Kier alpha value is -2.37. The van der Waals surface area contributed by atoms with Gasteiger partial charge in [0.1, 0.15) is 12.1 Å². The van der Waals surface area contributed by atoms with Crippen LogP contribution in [-0.2, 0) is 20.8 Å². The Kier molecular flexibility index (Phi) is 5.14. The molecular formula is C16H20N2O4. The maximum absolute atomic E-state index is 12.4. The van der Waals surface area contributed by atoms with E-state index in [2.05, 4.69) is 5.32 Å². The molecule has 6 nitrogen and oxygen atoms in total. The van der Waals surface area contributed by atoms with E-state index in [1.807, 2.05) is 37.3 Å². The highest BCUT2D eigenvalue weighted by atomic mass is 16.4. The van der Waals surface area contributed by atoms with Crippen molar-refractivity contribution in [3.05, 3.63) is 35.9 Å². The molecule has 22 heavy (non-hydrogen) atoms. The summed E-state index contributed by atoms with van der Waals surface area (Å²) in [4.78, 5) is 37.1. The van der Waals surface area contributed by atoms with Crippen molar-refractivity contribution in [2.24, 2.45) is 0 Å². The molecule has 0 aliphatic carbocycles. The second kappa shape index (κ2) is 7.06. The van der Waals surface area contributed by atoms with Gasteiger partial charge in [0, 0.05) is 13.0 Å². The van der Waals surface area contributed by atoms with Gasteiger partial charge in [0.15, 0.2) is 0 Å². The summed E-state index contributed by atoms with van der Waals surface area (Å²) in [6, 6.07) is 7.92. The number of carboxylic acids is 1. The molecule has 2 unspecified atom stereocenters. The van der Waals surface area contributed by atoms with Crippen LogP contribution in [-0.4, -0.2) is 46.4 Å². The highest BCUT2D eigenvalue weighted by Crippen LogP contribution is 2.17. The molecule has 0 spiro atoms. The van der Waals surface area contributed by atoms with Crippen molar-refractivity contribution >= 4 is 17.8 Å². The molecule has 2 rings (SSSR count). The number of benzene rings is 1. The van der Waals surface area contributed by atoms with Gasteiger partial charge < -0.3 is 15.3 Å². The number of piperazine rings is 1. The first-order valence-electron chi connectivity index (χ1n) is 7.39. The van der Waals surface area contributed by atoms with Crippen LogP contribution in [0.4, 0.5) is 0 Å². The maximum Gasteiger partial charge on any atom is 0.305 e. The van der Waals surface area contributed by atoms with Crippen molar-refractivity contribution < 1.29 is 19.5 Å². The van der Waals surface area contributed by atoms with Gasteiger partial charge >= 0.3 is 5.97 Å². The number of aliphatic carboxylic acids is 1. The van der Waals surface area contributed by atoms with Gasteiger partial charge in [-0.2, -0.15) is 0 Å². The molecule has 0 aromatic heterocycles. The Bertz CT molecular complexity index is 559. The van der Waals surface area contributed by atoms with E-state index < -0.39 is 18.1 Å². The van der Waals surface area contributed by atoms with Crippen LogP contribution in [0.25, 0.3) is 0 Å². The van der Waals surface area contributed by atoms with E-state index in [-0.39, 0.29) is 18.2 Å². The van der Waals surface area contributed by atoms with E-state index in [1.165, 1.54) is 4.90 Å². The van der Waals surface area contributed by atoms with Gasteiger partial charge in [0.25, 0.3) is 0 Å². The van der Waals surface area contributed by atoms with Crippen molar-refractivity contribution in [2.75, 3.05) is 6.54 Å². The molecule has 118 valence electrons. The van der Waals surface area contributed by atoms with Gasteiger partial charge in [-0.15, -0.1) is 0 Å². The molecule has 2 N–H and O–H groups in total. The predicted molar refractivity (Wildman–Crippen MR) is 80.1 cm³/mol. The molecule has 0 saturated carbocycles. The summed E-state index contributed by atoms with van der Waals surface area (Å²) in [7, 11) is 0. The minimum atomic E-state index is -1.10. The number of carboxylic acid groups (broad SMARTS) is 1. The number of hydrogen-bond donors (Lipinski definition) is 2. The Morgan fingerprint density at radius 1 is 1.27 bits per heavy atom. The summed E-state index contributed by atoms with van der Waals surface area (Å²) in [5, 5.41) is 11.4. The van der Waals surface area contributed by atoms with E-state index in [0.29, 0.717) is 19.4 Å². The second-order valence-electron chi connectivity index (χ2n) is 5.40. The molecule has 2 atom stereocenters. The van der Waals surface area contributed by atoms with E-state index in [9.17, 15) is 14.4 Å². The van der Waals surface area contributed by atoms with E-state index >= 15 is 0 Å². The molecule has 6 heteroatoms. The molecule has 2 amide bonds. The predicted octanol–water partition coefficient (Wildman–Crippen LogP) is 0.809. The van der Waals surface area contributed by atoms with Crippen LogP contribution in [0.3, 0.4) is 0 Å². The zero-order chi connectivity index (χ0) is 16.1. The van der Waals surface area contributed by atoms with Gasteiger partial charge in [-0.3, -0.25) is 14.4 Å². The second-order valence-corrected chi connectivity index (χ2v) is 5.40. The monoisotopic (exact) mass is 304 g/mol. The summed E-state index contributed by atoms with van der Waals surface area (Å²) in [6.07, 6.45) is 0.755. The van der Waals surface area contributed by atoms with Gasteiger partial charge in [-0.1, -0.05) is 37.3 Å². The van der Waals surface area contributed by atoms with Crippen molar-refractivity contribution in [1.29, 1.82) is 0 Å². The van der Waals surface area contributed by atoms with Crippen LogP contribution in [0.1, 0.15) is 25.3 Å². The topological polar surface area (TPSA) is 86.7 Å². The molecule has 1 aliphatic heterocycles. The number of nitrogens with one attached hydrogen (secondary N) is 1. The molecule has 1 fully saturated rings. The number of amides is 2. The van der Waals surface area contributed by atoms with Crippen molar-refractivity contribution in [3.63, 3.8) is 0 Å². The lowest BCUT2D eigenvalue weighted by atomic mass is 9.98. The fraction of sp³-hybridized carbons (Fsp3) is 0.438. The first-order valence-corrected chi connectivity index (χ1v) is 7.39. The highest BCUT2D eigenvalue weighted by molar-refractivity contribution is 5.98. The smallest absolute Gasteiger partial charge is 0.305 e. The van der Waals surface area contributed by atoms with Crippen LogP contribution < -0.4 is 5.32 Å². The summed E-state index contributed by atoms with van der Waals surface area (Å²) in [5.74, 6) is -1.70. The fourth-order valence-corrected chi connectivity index (χ4v) is 2.69. The van der Waals surface area contributed by atoms with Gasteiger partial charge in [0.2, 0.25) is 11.8 Å². The Labute approximate surface area is 129 Å². The van der Waals surface area contributed by atoms with Gasteiger partial charge in [-0.05, 0) is 12.0 Å². The molecular weight excluding hydrogens is 284 g/mol. The normalized spacial score (nSPS) is 21.6. The Morgan fingerprint density at radius 3 is 2.55 bits per heavy atom. The third-order valence-corrected chi connectivity index (χ3v) is 3.69. The number of nitrogens with zero attached hydrogens (tertiary/aromatic N) is 1. The van der Waals surface area contributed by atoms with Crippen molar-refractivity contribution in [2.45, 2.75) is 38.3 Å². The van der Waals surface area contributed by atoms with E-state index in [0.717, 1.165) is 5.56 Å². The molecule has 1 heterocycles. The molecule has 0 bridgehead atoms. The number of rotatable bonds is 6. The summed E-state index contributed by atoms with van der Waals surface area (Å²) < 4.78 is 0. The molecule has 1 aromatic carbocycles. The Morgan fingerprint density at radius 2 is 1.95 bits per heavy atom. The van der Waals surface area contributed by atoms with Gasteiger partial charge in [-0.25, -0.2) is 0 Å². The largest absolute Gasteiger partial charge is 0.481 e. The summed E-state index contributed by atoms with van der Waals surface area (Å²) >= 11 is 0. The fourth-order valence-electron chi connectivity index (χ4n) is 2.69. The maximum atomic E-state index is 12.4. The number of hydrogen-bond acceptors (Lipinski definition) is 3. The average Bonchev–Trinajstić information content (AvgIpc) is 2.48. The SMILES string of the molecule is CCCN1C(=O)C(CC(=O)O)NC(=O)C1Cc1ccccc1. The van der Waals surface area contributed by atoms with Crippen LogP contribution in [0, 0.1) is 0 Å². The third kappa shape index (κ3) is 3.63. The van der Waals surface area contributed by atoms with Crippen LogP contribution in [0.5, 0.6) is 0 Å².